The highest BCUT2D eigenvalue weighted by atomic mass is 35.5. The largest absolute Gasteiger partial charge is 0.493 e. The van der Waals surface area contributed by atoms with Crippen molar-refractivity contribution >= 4 is 50.7 Å². The second-order valence-corrected chi connectivity index (χ2v) is 13.5. The first-order chi connectivity index (χ1) is 20.2. The van der Waals surface area contributed by atoms with E-state index in [-0.39, 0.29) is 35.2 Å². The second kappa shape index (κ2) is 14.3. The Kier molecular flexibility index (Phi) is 11.3. The van der Waals surface area contributed by atoms with Crippen LogP contribution in [0.4, 0.5) is 5.69 Å². The lowest BCUT2D eigenvalue weighted by Crippen LogP contribution is -2.55. The topological polar surface area (TPSA) is 105 Å². The van der Waals surface area contributed by atoms with E-state index in [0.717, 1.165) is 4.31 Å². The minimum absolute atomic E-state index is 0.0516. The van der Waals surface area contributed by atoms with Gasteiger partial charge >= 0.3 is 0 Å². The van der Waals surface area contributed by atoms with Crippen molar-refractivity contribution in [2.24, 2.45) is 0 Å². The van der Waals surface area contributed by atoms with E-state index >= 15 is 0 Å². The first-order valence-corrected chi connectivity index (χ1v) is 15.8. The number of nitrogens with zero attached hydrogens (tertiary/aromatic N) is 2. The third-order valence-electron chi connectivity index (χ3n) is 6.51. The normalized spacial score (nSPS) is 12.3. The molecule has 3 aromatic carbocycles. The number of para-hydroxylation sites is 1. The minimum Gasteiger partial charge on any atom is -0.493 e. The quantitative estimate of drug-likeness (QED) is 0.261. The molecule has 0 bridgehead atoms. The number of benzene rings is 3. The van der Waals surface area contributed by atoms with Crippen LogP contribution in [0.2, 0.25) is 10.0 Å². The van der Waals surface area contributed by atoms with Crippen LogP contribution in [0.25, 0.3) is 0 Å². The van der Waals surface area contributed by atoms with Gasteiger partial charge < -0.3 is 19.7 Å². The molecule has 232 valence electrons. The maximum absolute atomic E-state index is 14.2. The van der Waals surface area contributed by atoms with Crippen LogP contribution in [0.15, 0.2) is 71.6 Å². The summed E-state index contributed by atoms with van der Waals surface area (Å²) in [6.45, 7) is 6.66. The van der Waals surface area contributed by atoms with Gasteiger partial charge in [0.25, 0.3) is 10.0 Å². The molecule has 0 saturated carbocycles. The van der Waals surface area contributed by atoms with Gasteiger partial charge in [-0.3, -0.25) is 13.9 Å². The van der Waals surface area contributed by atoms with E-state index in [0.29, 0.717) is 21.4 Å². The summed E-state index contributed by atoms with van der Waals surface area (Å²) in [5, 5.41) is 3.67. The van der Waals surface area contributed by atoms with Crippen molar-refractivity contribution in [3.63, 3.8) is 0 Å². The number of amides is 2. The molecule has 0 aliphatic heterocycles. The monoisotopic (exact) mass is 649 g/mol. The predicted molar refractivity (Wildman–Crippen MR) is 170 cm³/mol. The van der Waals surface area contributed by atoms with E-state index in [2.05, 4.69) is 5.32 Å². The molecule has 0 spiro atoms. The fourth-order valence-electron chi connectivity index (χ4n) is 4.43. The number of halogens is 2. The lowest BCUT2D eigenvalue weighted by atomic mass is 10.1. The standard InChI is InChI=1S/C31H37Cl2N3O6S/c1-7-26(30(38)34-31(2,3)4)35(19-21-13-14-22(32)17-25(21)33)29(37)20-36(23-11-9-8-10-12-23)43(39,40)24-15-16-27(41-5)28(18-24)42-6/h8-18,26H,7,19-20H2,1-6H3,(H,34,38)/t26-/m0/s1. The number of methoxy groups -OCH3 is 2. The summed E-state index contributed by atoms with van der Waals surface area (Å²) >= 11 is 12.6. The van der Waals surface area contributed by atoms with Gasteiger partial charge in [-0.05, 0) is 69.2 Å². The Morgan fingerprint density at radius 2 is 1.58 bits per heavy atom. The minimum atomic E-state index is -4.30. The molecular formula is C31H37Cl2N3O6S. The van der Waals surface area contributed by atoms with Crippen LogP contribution >= 0.6 is 23.2 Å². The molecule has 0 aliphatic rings. The molecule has 12 heteroatoms. The highest BCUT2D eigenvalue weighted by Gasteiger charge is 2.35. The third-order valence-corrected chi connectivity index (χ3v) is 8.86. The summed E-state index contributed by atoms with van der Waals surface area (Å²) in [6, 6.07) is 16.4. The molecular weight excluding hydrogens is 613 g/mol. The molecule has 43 heavy (non-hydrogen) atoms. The number of rotatable bonds is 12. The van der Waals surface area contributed by atoms with Crippen LogP contribution < -0.4 is 19.1 Å². The molecule has 0 unspecified atom stereocenters. The number of carbonyl (C=O) groups is 2. The fraction of sp³-hybridized carbons (Fsp3) is 0.355. The van der Waals surface area contributed by atoms with Crippen LogP contribution in [-0.2, 0) is 26.2 Å². The van der Waals surface area contributed by atoms with Crippen LogP contribution in [-0.4, -0.2) is 57.5 Å². The number of nitrogens with one attached hydrogen (secondary N) is 1. The number of sulfonamides is 1. The van der Waals surface area contributed by atoms with Gasteiger partial charge in [-0.25, -0.2) is 8.42 Å². The number of ether oxygens (including phenoxy) is 2. The molecule has 0 radical (unpaired) electrons. The number of hydrogen-bond acceptors (Lipinski definition) is 6. The number of hydrogen-bond donors (Lipinski definition) is 1. The van der Waals surface area contributed by atoms with Crippen molar-refractivity contribution in [1.29, 1.82) is 0 Å². The third kappa shape index (κ3) is 8.55. The Bertz CT molecular complexity index is 1540. The van der Waals surface area contributed by atoms with E-state index in [1.807, 2.05) is 20.8 Å². The SMILES string of the molecule is CC[C@@H](C(=O)NC(C)(C)C)N(Cc1ccc(Cl)cc1Cl)C(=O)CN(c1ccccc1)S(=O)(=O)c1ccc(OC)c(OC)c1. The number of anilines is 1. The van der Waals surface area contributed by atoms with Gasteiger partial charge in [-0.1, -0.05) is 54.4 Å². The van der Waals surface area contributed by atoms with Crippen LogP contribution in [0.5, 0.6) is 11.5 Å². The van der Waals surface area contributed by atoms with Crippen molar-refractivity contribution in [3.05, 3.63) is 82.3 Å². The number of carbonyl (C=O) groups excluding carboxylic acids is 2. The molecule has 0 aromatic heterocycles. The summed E-state index contributed by atoms with van der Waals surface area (Å²) in [5.74, 6) is -0.408. The average molecular weight is 651 g/mol. The highest BCUT2D eigenvalue weighted by Crippen LogP contribution is 2.32. The maximum atomic E-state index is 14.2. The lowest BCUT2D eigenvalue weighted by molar-refractivity contribution is -0.141. The Morgan fingerprint density at radius 1 is 0.930 bits per heavy atom. The zero-order chi connectivity index (χ0) is 31.9. The Labute approximate surface area is 263 Å². The smallest absolute Gasteiger partial charge is 0.264 e. The van der Waals surface area contributed by atoms with Gasteiger partial charge in [0.05, 0.1) is 24.8 Å². The molecule has 3 aromatic rings. The Hall–Kier alpha value is -3.47. The van der Waals surface area contributed by atoms with Gasteiger partial charge in [0, 0.05) is 28.2 Å². The fourth-order valence-corrected chi connectivity index (χ4v) is 6.33. The van der Waals surface area contributed by atoms with Crippen molar-refractivity contribution in [2.75, 3.05) is 25.1 Å². The van der Waals surface area contributed by atoms with Crippen molar-refractivity contribution in [1.82, 2.24) is 10.2 Å². The predicted octanol–water partition coefficient (Wildman–Crippen LogP) is 5.93. The zero-order valence-corrected chi connectivity index (χ0v) is 27.4. The van der Waals surface area contributed by atoms with E-state index in [1.54, 1.807) is 55.5 Å². The highest BCUT2D eigenvalue weighted by molar-refractivity contribution is 7.92. The van der Waals surface area contributed by atoms with E-state index in [1.165, 1.54) is 37.3 Å². The molecule has 2 amide bonds. The van der Waals surface area contributed by atoms with Gasteiger partial charge in [0.15, 0.2) is 11.5 Å². The van der Waals surface area contributed by atoms with E-state index in [4.69, 9.17) is 32.7 Å². The summed E-state index contributed by atoms with van der Waals surface area (Å²) in [5.41, 5.74) is 0.252. The van der Waals surface area contributed by atoms with Crippen LogP contribution in [0.1, 0.15) is 39.7 Å². The van der Waals surface area contributed by atoms with Gasteiger partial charge in [0.1, 0.15) is 12.6 Å². The van der Waals surface area contributed by atoms with Crippen molar-refractivity contribution in [3.8, 4) is 11.5 Å². The molecule has 1 atom stereocenters. The van der Waals surface area contributed by atoms with Gasteiger partial charge in [-0.15, -0.1) is 0 Å². The van der Waals surface area contributed by atoms with Crippen LogP contribution in [0.3, 0.4) is 0 Å². The summed E-state index contributed by atoms with van der Waals surface area (Å²) in [6.07, 6.45) is 0.270. The molecule has 1 N–H and O–H groups in total. The van der Waals surface area contributed by atoms with Crippen molar-refractivity contribution < 1.29 is 27.5 Å². The first-order valence-electron chi connectivity index (χ1n) is 13.6. The molecule has 0 fully saturated rings. The van der Waals surface area contributed by atoms with Crippen LogP contribution in [0, 0.1) is 0 Å². The summed E-state index contributed by atoms with van der Waals surface area (Å²) in [4.78, 5) is 28.9. The molecule has 3 rings (SSSR count). The molecule has 9 nitrogen and oxygen atoms in total. The molecule has 0 saturated heterocycles. The van der Waals surface area contributed by atoms with Gasteiger partial charge in [0.2, 0.25) is 11.8 Å². The first kappa shape index (κ1) is 34.0. The van der Waals surface area contributed by atoms with Crippen molar-refractivity contribution in [2.45, 2.75) is 57.1 Å². The van der Waals surface area contributed by atoms with Gasteiger partial charge in [-0.2, -0.15) is 0 Å². The molecule has 0 aliphatic carbocycles. The average Bonchev–Trinajstić information content (AvgIpc) is 2.95. The van der Waals surface area contributed by atoms with E-state index < -0.39 is 34.1 Å². The molecule has 0 heterocycles. The maximum Gasteiger partial charge on any atom is 0.264 e. The zero-order valence-electron chi connectivity index (χ0n) is 25.1. The summed E-state index contributed by atoms with van der Waals surface area (Å²) < 4.78 is 39.8. The Balaban J connectivity index is 2.11. The lowest BCUT2D eigenvalue weighted by Gasteiger charge is -2.35. The Morgan fingerprint density at radius 3 is 2.14 bits per heavy atom. The second-order valence-electron chi connectivity index (χ2n) is 10.8. The summed E-state index contributed by atoms with van der Waals surface area (Å²) in [7, 11) is -1.45. The van der Waals surface area contributed by atoms with E-state index in [9.17, 15) is 18.0 Å².